The molecule has 100 valence electrons. The first kappa shape index (κ1) is 14.4. The van der Waals surface area contributed by atoms with Gasteiger partial charge in [-0.1, -0.05) is 0 Å². The number of hydrogen-bond acceptors (Lipinski definition) is 4. The number of nitrogens with one attached hydrogen (secondary N) is 1. The van der Waals surface area contributed by atoms with Crippen LogP contribution in [0, 0.1) is 5.92 Å². The van der Waals surface area contributed by atoms with E-state index in [-0.39, 0.29) is 25.0 Å². The summed E-state index contributed by atoms with van der Waals surface area (Å²) in [5.74, 6) is -0.385. The zero-order valence-electron chi connectivity index (χ0n) is 10.1. The molecule has 1 aliphatic heterocycles. The van der Waals surface area contributed by atoms with Crippen molar-refractivity contribution in [1.29, 1.82) is 0 Å². The van der Waals surface area contributed by atoms with Crippen molar-refractivity contribution < 1.29 is 18.3 Å². The maximum Gasteiger partial charge on any atom is 0.224 e. The first-order valence-electron chi connectivity index (χ1n) is 5.79. The van der Waals surface area contributed by atoms with E-state index in [1.54, 1.807) is 0 Å². The minimum atomic E-state index is -3.20. The van der Waals surface area contributed by atoms with E-state index in [2.05, 4.69) is 5.32 Å². The molecule has 2 N–H and O–H groups in total. The van der Waals surface area contributed by atoms with Crippen molar-refractivity contribution in [1.82, 2.24) is 9.62 Å². The quantitative estimate of drug-likeness (QED) is 0.634. The van der Waals surface area contributed by atoms with E-state index in [4.69, 9.17) is 5.11 Å². The van der Waals surface area contributed by atoms with Crippen molar-refractivity contribution >= 4 is 15.9 Å². The third kappa shape index (κ3) is 4.61. The number of aliphatic hydroxyl groups is 1. The number of amides is 1. The number of aliphatic hydroxyl groups excluding tert-OH is 1. The van der Waals surface area contributed by atoms with E-state index in [1.807, 2.05) is 0 Å². The number of piperidine rings is 1. The predicted molar refractivity (Wildman–Crippen MR) is 63.9 cm³/mol. The van der Waals surface area contributed by atoms with Crippen LogP contribution in [0.25, 0.3) is 0 Å². The first-order chi connectivity index (χ1) is 7.95. The van der Waals surface area contributed by atoms with E-state index in [1.165, 1.54) is 10.6 Å². The minimum Gasteiger partial charge on any atom is -0.396 e. The van der Waals surface area contributed by atoms with Crippen LogP contribution >= 0.6 is 0 Å². The predicted octanol–water partition coefficient (Wildman–Crippen LogP) is -0.843. The lowest BCUT2D eigenvalue weighted by Gasteiger charge is -2.30. The Morgan fingerprint density at radius 3 is 2.82 bits per heavy atom. The zero-order chi connectivity index (χ0) is 12.9. The molecule has 7 heteroatoms. The molecule has 1 saturated heterocycles. The highest BCUT2D eigenvalue weighted by atomic mass is 32.2. The first-order valence-corrected chi connectivity index (χ1v) is 7.63. The van der Waals surface area contributed by atoms with Crippen LogP contribution in [0.5, 0.6) is 0 Å². The highest BCUT2D eigenvalue weighted by Gasteiger charge is 2.29. The second-order valence-electron chi connectivity index (χ2n) is 4.33. The molecule has 1 heterocycles. The number of nitrogens with zero attached hydrogens (tertiary/aromatic N) is 1. The van der Waals surface area contributed by atoms with Crippen molar-refractivity contribution in [3.63, 3.8) is 0 Å². The summed E-state index contributed by atoms with van der Waals surface area (Å²) < 4.78 is 24.1. The molecule has 6 nitrogen and oxygen atoms in total. The van der Waals surface area contributed by atoms with Gasteiger partial charge in [-0.3, -0.25) is 4.79 Å². The van der Waals surface area contributed by atoms with Gasteiger partial charge in [0.25, 0.3) is 0 Å². The highest BCUT2D eigenvalue weighted by Crippen LogP contribution is 2.18. The van der Waals surface area contributed by atoms with Gasteiger partial charge in [0.2, 0.25) is 15.9 Å². The molecule has 1 rings (SSSR count). The Morgan fingerprint density at radius 2 is 2.24 bits per heavy atom. The Morgan fingerprint density at radius 1 is 1.53 bits per heavy atom. The van der Waals surface area contributed by atoms with E-state index in [0.717, 1.165) is 6.42 Å². The lowest BCUT2D eigenvalue weighted by molar-refractivity contribution is -0.126. The second-order valence-corrected chi connectivity index (χ2v) is 6.31. The van der Waals surface area contributed by atoms with Crippen LogP contribution in [0.15, 0.2) is 0 Å². The average Bonchev–Trinajstić information content (AvgIpc) is 2.28. The molecule has 0 aromatic carbocycles. The minimum absolute atomic E-state index is 0.0421. The van der Waals surface area contributed by atoms with Gasteiger partial charge in [0.05, 0.1) is 12.2 Å². The number of sulfonamides is 1. The average molecular weight is 264 g/mol. The molecule has 1 amide bonds. The fourth-order valence-electron chi connectivity index (χ4n) is 1.89. The van der Waals surface area contributed by atoms with Crippen LogP contribution in [-0.4, -0.2) is 56.2 Å². The van der Waals surface area contributed by atoms with Crippen molar-refractivity contribution in [3.05, 3.63) is 0 Å². The van der Waals surface area contributed by atoms with E-state index in [0.29, 0.717) is 25.9 Å². The van der Waals surface area contributed by atoms with E-state index < -0.39 is 10.0 Å². The molecule has 0 aromatic rings. The summed E-state index contributed by atoms with van der Waals surface area (Å²) in [7, 11) is -3.20. The van der Waals surface area contributed by atoms with E-state index >= 15 is 0 Å². The number of rotatable bonds is 5. The fraction of sp³-hybridized carbons (Fsp3) is 0.900. The topological polar surface area (TPSA) is 86.7 Å². The zero-order valence-corrected chi connectivity index (χ0v) is 10.9. The standard InChI is InChI=1S/C10H20N2O4S/c1-17(15,16)12-6-2-4-9(8-12)10(14)11-5-3-7-13/h9,13H,2-8H2,1H3,(H,11,14)/t9-/m1/s1. The number of carbonyl (C=O) groups excluding carboxylic acids is 1. The van der Waals surface area contributed by atoms with Gasteiger partial charge in [-0.15, -0.1) is 0 Å². The van der Waals surface area contributed by atoms with Gasteiger partial charge in [-0.05, 0) is 19.3 Å². The smallest absolute Gasteiger partial charge is 0.224 e. The van der Waals surface area contributed by atoms with E-state index in [9.17, 15) is 13.2 Å². The molecule has 0 saturated carbocycles. The SMILES string of the molecule is CS(=O)(=O)N1CCC[C@@H](C(=O)NCCCO)C1. The molecule has 1 fully saturated rings. The molecule has 17 heavy (non-hydrogen) atoms. The number of hydrogen-bond donors (Lipinski definition) is 2. The summed E-state index contributed by atoms with van der Waals surface area (Å²) in [6, 6.07) is 0. The summed E-state index contributed by atoms with van der Waals surface area (Å²) in [5, 5.41) is 11.3. The second kappa shape index (κ2) is 6.32. The van der Waals surface area contributed by atoms with Gasteiger partial charge in [-0.25, -0.2) is 12.7 Å². The Bertz CT molecular complexity index is 355. The summed E-state index contributed by atoms with van der Waals surface area (Å²) in [4.78, 5) is 11.7. The molecular formula is C10H20N2O4S. The molecule has 1 aliphatic rings. The molecule has 0 aromatic heterocycles. The van der Waals surface area contributed by atoms with Crippen LogP contribution < -0.4 is 5.32 Å². The maximum atomic E-state index is 11.7. The lowest BCUT2D eigenvalue weighted by Crippen LogP contribution is -2.45. The molecule has 0 aliphatic carbocycles. The molecule has 0 bridgehead atoms. The van der Waals surface area contributed by atoms with Crippen LogP contribution in [0.4, 0.5) is 0 Å². The van der Waals surface area contributed by atoms with Crippen molar-refractivity contribution in [2.75, 3.05) is 32.5 Å². The molecule has 0 spiro atoms. The van der Waals surface area contributed by atoms with Gasteiger partial charge >= 0.3 is 0 Å². The molecule has 0 unspecified atom stereocenters. The number of carbonyl (C=O) groups is 1. The van der Waals surface area contributed by atoms with Crippen LogP contribution in [0.1, 0.15) is 19.3 Å². The molecule has 1 atom stereocenters. The highest BCUT2D eigenvalue weighted by molar-refractivity contribution is 7.88. The normalized spacial score (nSPS) is 22.4. The largest absolute Gasteiger partial charge is 0.396 e. The Kier molecular flexibility index (Phi) is 5.35. The van der Waals surface area contributed by atoms with Crippen LogP contribution in [0.3, 0.4) is 0 Å². The summed E-state index contributed by atoms with van der Waals surface area (Å²) in [6.45, 7) is 1.24. The molecular weight excluding hydrogens is 244 g/mol. The maximum absolute atomic E-state index is 11.7. The fourth-order valence-corrected chi connectivity index (χ4v) is 2.80. The van der Waals surface area contributed by atoms with Crippen molar-refractivity contribution in [2.45, 2.75) is 19.3 Å². The molecule has 0 radical (unpaired) electrons. The Hall–Kier alpha value is -0.660. The summed E-state index contributed by atoms with van der Waals surface area (Å²) in [5.41, 5.74) is 0. The summed E-state index contributed by atoms with van der Waals surface area (Å²) >= 11 is 0. The Labute approximate surface area is 102 Å². The van der Waals surface area contributed by atoms with Gasteiger partial charge in [0.1, 0.15) is 0 Å². The lowest BCUT2D eigenvalue weighted by atomic mass is 9.99. The van der Waals surface area contributed by atoms with Crippen molar-refractivity contribution in [2.24, 2.45) is 5.92 Å². The monoisotopic (exact) mass is 264 g/mol. The third-order valence-electron chi connectivity index (χ3n) is 2.86. The van der Waals surface area contributed by atoms with Gasteiger partial charge in [0, 0.05) is 26.2 Å². The van der Waals surface area contributed by atoms with Gasteiger partial charge in [0.15, 0.2) is 0 Å². The van der Waals surface area contributed by atoms with Crippen LogP contribution in [-0.2, 0) is 14.8 Å². The Balaban J connectivity index is 2.46. The van der Waals surface area contributed by atoms with Crippen LogP contribution in [0.2, 0.25) is 0 Å². The van der Waals surface area contributed by atoms with Gasteiger partial charge in [-0.2, -0.15) is 0 Å². The van der Waals surface area contributed by atoms with Crippen molar-refractivity contribution in [3.8, 4) is 0 Å². The summed E-state index contributed by atoms with van der Waals surface area (Å²) in [6.07, 6.45) is 3.12. The third-order valence-corrected chi connectivity index (χ3v) is 4.13. The van der Waals surface area contributed by atoms with Gasteiger partial charge < -0.3 is 10.4 Å².